The topological polar surface area (TPSA) is 199 Å². The van der Waals surface area contributed by atoms with Gasteiger partial charge in [-0.05, 0) is 41.9 Å². The van der Waals surface area contributed by atoms with E-state index in [0.717, 1.165) is 0 Å². The van der Waals surface area contributed by atoms with Crippen molar-refractivity contribution < 1.29 is 9.26 Å². The zero-order valence-electron chi connectivity index (χ0n) is 9.00. The minimum atomic E-state index is -0.0437. The SMILES string of the molecule is [N-]=[N+]=Nc1nonc1NCNc1nonc1N=[N+]=[N-]. The largest absolute Gasteiger partial charge is 0.348 e. The molecule has 0 saturated heterocycles. The minimum Gasteiger partial charge on any atom is -0.348 e. The van der Waals surface area contributed by atoms with Crippen molar-refractivity contribution in [3.63, 3.8) is 0 Å². The van der Waals surface area contributed by atoms with E-state index in [1.807, 2.05) is 0 Å². The monoisotopic (exact) mass is 264 g/mol. The van der Waals surface area contributed by atoms with E-state index in [1.54, 1.807) is 0 Å². The van der Waals surface area contributed by atoms with Crippen molar-refractivity contribution >= 4 is 23.3 Å². The van der Waals surface area contributed by atoms with E-state index in [-0.39, 0.29) is 29.9 Å². The van der Waals surface area contributed by atoms with Gasteiger partial charge in [0.05, 0.1) is 6.67 Å². The van der Waals surface area contributed by atoms with Crippen molar-refractivity contribution in [3.05, 3.63) is 20.9 Å². The molecule has 2 N–H and O–H groups in total. The number of nitrogens with one attached hydrogen (secondary N) is 2. The predicted molar refractivity (Wildman–Crippen MR) is 58.3 cm³/mol. The maximum Gasteiger partial charge on any atom is 0.214 e. The van der Waals surface area contributed by atoms with E-state index in [1.165, 1.54) is 0 Å². The number of azide groups is 2. The van der Waals surface area contributed by atoms with Crippen LogP contribution in [-0.2, 0) is 0 Å². The zero-order chi connectivity index (χ0) is 13.5. The Morgan fingerprint density at radius 2 is 1.37 bits per heavy atom. The molecule has 19 heavy (non-hydrogen) atoms. The van der Waals surface area contributed by atoms with Crippen molar-refractivity contribution in [2.75, 3.05) is 17.3 Å². The molecule has 0 bridgehead atoms. The summed E-state index contributed by atoms with van der Waals surface area (Å²) in [4.78, 5) is 5.09. The molecule has 2 aromatic heterocycles. The Hall–Kier alpha value is -3.50. The third-order valence-electron chi connectivity index (χ3n) is 1.73. The number of anilines is 2. The summed E-state index contributed by atoms with van der Waals surface area (Å²) in [5.41, 5.74) is 16.5. The van der Waals surface area contributed by atoms with Crippen LogP contribution in [0.25, 0.3) is 20.9 Å². The van der Waals surface area contributed by atoms with E-state index in [0.29, 0.717) is 0 Å². The molecule has 0 amide bonds. The molecule has 14 heteroatoms. The minimum absolute atomic E-state index is 0.0437. The zero-order valence-corrected chi connectivity index (χ0v) is 9.00. The summed E-state index contributed by atoms with van der Waals surface area (Å²) >= 11 is 0. The fourth-order valence-electron chi connectivity index (χ4n) is 1.02. The number of hydrogen-bond acceptors (Lipinski definition) is 10. The van der Waals surface area contributed by atoms with Crippen molar-refractivity contribution in [1.82, 2.24) is 20.6 Å². The van der Waals surface area contributed by atoms with Crippen LogP contribution in [0.2, 0.25) is 0 Å². The fraction of sp³-hybridized carbons (Fsp3) is 0.200. The lowest BCUT2D eigenvalue weighted by Crippen LogP contribution is -2.12. The van der Waals surface area contributed by atoms with Crippen molar-refractivity contribution in [2.24, 2.45) is 10.2 Å². The van der Waals surface area contributed by atoms with E-state index in [4.69, 9.17) is 11.1 Å². The van der Waals surface area contributed by atoms with Gasteiger partial charge in [-0.15, -0.1) is 0 Å². The summed E-state index contributed by atoms with van der Waals surface area (Å²) in [6, 6.07) is 0. The summed E-state index contributed by atoms with van der Waals surface area (Å²) in [5.74, 6) is 0.176. The number of rotatable bonds is 6. The number of nitrogens with zero attached hydrogens (tertiary/aromatic N) is 10. The maximum absolute atomic E-state index is 8.26. The molecule has 0 atom stereocenters. The Balaban J connectivity index is 1.96. The molecule has 0 unspecified atom stereocenters. The van der Waals surface area contributed by atoms with Gasteiger partial charge in [0, 0.05) is 9.82 Å². The molecular formula is C5H4N12O2. The second-order valence-corrected chi connectivity index (χ2v) is 2.78. The van der Waals surface area contributed by atoms with E-state index in [9.17, 15) is 0 Å². The lowest BCUT2D eigenvalue weighted by atomic mass is 10.6. The van der Waals surface area contributed by atoms with E-state index < -0.39 is 0 Å². The van der Waals surface area contributed by atoms with Gasteiger partial charge >= 0.3 is 0 Å². The van der Waals surface area contributed by atoms with Crippen LogP contribution in [0.1, 0.15) is 0 Å². The summed E-state index contributed by atoms with van der Waals surface area (Å²) < 4.78 is 8.76. The Morgan fingerprint density at radius 1 is 0.895 bits per heavy atom. The fourth-order valence-corrected chi connectivity index (χ4v) is 1.02. The van der Waals surface area contributed by atoms with Gasteiger partial charge < -0.3 is 10.6 Å². The molecule has 0 aliphatic carbocycles. The van der Waals surface area contributed by atoms with Crippen LogP contribution in [0.15, 0.2) is 19.5 Å². The first kappa shape index (κ1) is 12.0. The molecular weight excluding hydrogens is 260 g/mol. The highest BCUT2D eigenvalue weighted by atomic mass is 16.6. The van der Waals surface area contributed by atoms with Crippen LogP contribution >= 0.6 is 0 Å². The Labute approximate surface area is 102 Å². The van der Waals surface area contributed by atoms with Crippen LogP contribution in [0, 0.1) is 0 Å². The standard InChI is InChI=1S/C5H4N12O2/c6-16-10-4-2(12-18-14-4)8-1-9-3-5(11-17-7)15-19-13-3/h1H2,(H,8,12)(H,9,13). The van der Waals surface area contributed by atoms with Gasteiger partial charge in [-0.1, -0.05) is 0 Å². The molecule has 0 saturated carbocycles. The van der Waals surface area contributed by atoms with Crippen LogP contribution in [-0.4, -0.2) is 27.3 Å². The maximum atomic E-state index is 8.26. The molecule has 0 aliphatic rings. The van der Waals surface area contributed by atoms with Gasteiger partial charge in [0.25, 0.3) is 0 Å². The van der Waals surface area contributed by atoms with E-state index >= 15 is 0 Å². The number of aromatic nitrogens is 4. The van der Waals surface area contributed by atoms with Gasteiger partial charge in [-0.2, -0.15) is 0 Å². The summed E-state index contributed by atoms with van der Waals surface area (Å²) in [6.45, 7) is 0.0876. The van der Waals surface area contributed by atoms with Crippen LogP contribution in [0.3, 0.4) is 0 Å². The molecule has 2 heterocycles. The van der Waals surface area contributed by atoms with E-state index in [2.05, 4.69) is 60.6 Å². The first-order chi connectivity index (χ1) is 9.35. The molecule has 0 radical (unpaired) electrons. The molecule has 96 valence electrons. The molecule has 0 aromatic carbocycles. The second-order valence-electron chi connectivity index (χ2n) is 2.78. The third kappa shape index (κ3) is 2.79. The van der Waals surface area contributed by atoms with Gasteiger partial charge in [0.15, 0.2) is 0 Å². The summed E-state index contributed by atoms with van der Waals surface area (Å²) in [6.07, 6.45) is 0. The first-order valence-corrected chi connectivity index (χ1v) is 4.58. The predicted octanol–water partition coefficient (Wildman–Crippen LogP) is 1.82. The van der Waals surface area contributed by atoms with Crippen molar-refractivity contribution in [1.29, 1.82) is 0 Å². The Morgan fingerprint density at radius 3 is 1.79 bits per heavy atom. The average molecular weight is 264 g/mol. The first-order valence-electron chi connectivity index (χ1n) is 4.58. The Kier molecular flexibility index (Phi) is 3.60. The summed E-state index contributed by atoms with van der Waals surface area (Å²) in [7, 11) is 0. The van der Waals surface area contributed by atoms with Crippen molar-refractivity contribution in [2.45, 2.75) is 0 Å². The Bertz CT molecular complexity index is 588. The molecule has 14 nitrogen and oxygen atoms in total. The normalized spacial score (nSPS) is 9.26. The highest BCUT2D eigenvalue weighted by Crippen LogP contribution is 2.21. The molecule has 0 fully saturated rings. The smallest absolute Gasteiger partial charge is 0.214 e. The second kappa shape index (κ2) is 5.72. The van der Waals surface area contributed by atoms with Crippen LogP contribution in [0.5, 0.6) is 0 Å². The molecule has 2 rings (SSSR count). The average Bonchev–Trinajstić information content (AvgIpc) is 3.01. The van der Waals surface area contributed by atoms with Gasteiger partial charge in [-0.3, -0.25) is 0 Å². The van der Waals surface area contributed by atoms with Crippen LogP contribution in [0.4, 0.5) is 23.3 Å². The van der Waals surface area contributed by atoms with Gasteiger partial charge in [-0.25, -0.2) is 9.26 Å². The third-order valence-corrected chi connectivity index (χ3v) is 1.73. The van der Waals surface area contributed by atoms with Gasteiger partial charge in [0.2, 0.25) is 23.3 Å². The quantitative estimate of drug-likeness (QED) is 0.340. The lowest BCUT2D eigenvalue weighted by molar-refractivity contribution is 0.309. The van der Waals surface area contributed by atoms with Crippen molar-refractivity contribution in [3.8, 4) is 0 Å². The highest BCUT2D eigenvalue weighted by molar-refractivity contribution is 5.56. The molecule has 2 aromatic rings. The molecule has 0 aliphatic heterocycles. The van der Waals surface area contributed by atoms with Gasteiger partial charge in [0.1, 0.15) is 0 Å². The lowest BCUT2D eigenvalue weighted by Gasteiger charge is -2.02. The number of hydrogen-bond donors (Lipinski definition) is 2. The van der Waals surface area contributed by atoms with Crippen LogP contribution < -0.4 is 10.6 Å². The summed E-state index contributed by atoms with van der Waals surface area (Å²) in [5, 5.41) is 25.5. The molecule has 0 spiro atoms. The highest BCUT2D eigenvalue weighted by Gasteiger charge is 2.09.